The SMILES string of the molecule is CCCCCCCCC/C=C\CCCCCCCCCC(=O)OC(CO)COC(=O)CCCCCCCCCCCCCCCCCCCCCCCCCCCCCCCCCCCCCCCCCCC. The molecule has 0 aliphatic rings. The maximum absolute atomic E-state index is 12.3. The third-order valence-electron chi connectivity index (χ3n) is 15.8. The predicted molar refractivity (Wildman–Crippen MR) is 321 cm³/mol. The molecule has 1 atom stereocenters. The Morgan fingerprint density at radius 3 is 0.740 bits per heavy atom. The lowest BCUT2D eigenvalue weighted by Crippen LogP contribution is -2.28. The normalized spacial score (nSPS) is 12.1. The highest BCUT2D eigenvalue weighted by molar-refractivity contribution is 5.70. The standard InChI is InChI=1S/C68H132O5/c1-3-5-7-9-11-13-15-17-19-21-23-24-25-26-27-28-29-30-31-32-33-34-35-36-37-38-39-40-41-42-43-44-45-47-48-50-52-54-56-58-60-62-67(70)72-65-66(64-69)73-68(71)63-61-59-57-55-53-51-49-46-22-20-18-16-14-12-10-8-6-4-2/h20,22,66,69H,3-19,21,23-65H2,1-2H3/b22-20-. The number of hydrogen-bond donors (Lipinski definition) is 1. The van der Waals surface area contributed by atoms with E-state index in [-0.39, 0.29) is 25.2 Å². The van der Waals surface area contributed by atoms with E-state index in [1.54, 1.807) is 0 Å². The van der Waals surface area contributed by atoms with Gasteiger partial charge in [0.15, 0.2) is 6.10 Å². The lowest BCUT2D eigenvalue weighted by atomic mass is 10.0. The van der Waals surface area contributed by atoms with Crippen molar-refractivity contribution in [1.82, 2.24) is 0 Å². The Labute approximate surface area is 458 Å². The number of rotatable bonds is 64. The molecule has 0 rings (SSSR count). The Balaban J connectivity index is 3.32. The minimum atomic E-state index is -0.770. The topological polar surface area (TPSA) is 72.8 Å². The molecule has 0 amide bonds. The molecule has 0 fully saturated rings. The monoisotopic (exact) mass is 1030 g/mol. The molecule has 0 aromatic rings. The van der Waals surface area contributed by atoms with E-state index in [1.165, 1.54) is 334 Å². The van der Waals surface area contributed by atoms with Gasteiger partial charge in [-0.2, -0.15) is 0 Å². The van der Waals surface area contributed by atoms with Crippen LogP contribution in [0.25, 0.3) is 0 Å². The average molecular weight is 1030 g/mol. The smallest absolute Gasteiger partial charge is 0.306 e. The van der Waals surface area contributed by atoms with Crippen LogP contribution in [0, 0.1) is 0 Å². The second-order valence-corrected chi connectivity index (χ2v) is 23.3. The van der Waals surface area contributed by atoms with E-state index < -0.39 is 6.10 Å². The van der Waals surface area contributed by atoms with Gasteiger partial charge in [-0.25, -0.2) is 0 Å². The van der Waals surface area contributed by atoms with Gasteiger partial charge in [0.1, 0.15) is 6.61 Å². The van der Waals surface area contributed by atoms with Gasteiger partial charge in [0, 0.05) is 12.8 Å². The van der Waals surface area contributed by atoms with Crippen molar-refractivity contribution in [2.24, 2.45) is 0 Å². The largest absolute Gasteiger partial charge is 0.462 e. The molecule has 0 radical (unpaired) electrons. The van der Waals surface area contributed by atoms with Crippen molar-refractivity contribution in [3.8, 4) is 0 Å². The summed E-state index contributed by atoms with van der Waals surface area (Å²) in [5.41, 5.74) is 0. The molecule has 0 aliphatic heterocycles. The number of esters is 2. The van der Waals surface area contributed by atoms with Gasteiger partial charge in [-0.05, 0) is 38.5 Å². The van der Waals surface area contributed by atoms with E-state index in [4.69, 9.17) is 9.47 Å². The first-order valence-corrected chi connectivity index (χ1v) is 33.7. The number of allylic oxidation sites excluding steroid dienone is 2. The number of ether oxygens (including phenoxy) is 2. The second-order valence-electron chi connectivity index (χ2n) is 23.3. The highest BCUT2D eigenvalue weighted by atomic mass is 16.6. The zero-order chi connectivity index (χ0) is 52.7. The molecule has 0 heterocycles. The Bertz CT molecular complexity index is 1070. The van der Waals surface area contributed by atoms with E-state index in [0.29, 0.717) is 12.8 Å². The highest BCUT2D eigenvalue weighted by Crippen LogP contribution is 2.19. The molecule has 0 aromatic heterocycles. The van der Waals surface area contributed by atoms with E-state index >= 15 is 0 Å². The van der Waals surface area contributed by atoms with Gasteiger partial charge in [0.05, 0.1) is 6.61 Å². The van der Waals surface area contributed by atoms with Crippen LogP contribution < -0.4 is 0 Å². The number of carbonyl (C=O) groups excluding carboxylic acids is 2. The fraction of sp³-hybridized carbons (Fsp3) is 0.941. The summed E-state index contributed by atoms with van der Waals surface area (Å²) in [5.74, 6) is -0.573. The molecule has 73 heavy (non-hydrogen) atoms. The lowest BCUT2D eigenvalue weighted by molar-refractivity contribution is -0.161. The first-order chi connectivity index (χ1) is 36.1. The molecule has 0 saturated heterocycles. The third-order valence-corrected chi connectivity index (χ3v) is 15.8. The first kappa shape index (κ1) is 71.6. The van der Waals surface area contributed by atoms with Gasteiger partial charge in [-0.15, -0.1) is 0 Å². The molecule has 1 N–H and O–H groups in total. The minimum absolute atomic E-state index is 0.0604. The zero-order valence-corrected chi connectivity index (χ0v) is 49.9. The van der Waals surface area contributed by atoms with Crippen LogP contribution in [0.15, 0.2) is 12.2 Å². The summed E-state index contributed by atoms with van der Waals surface area (Å²) < 4.78 is 10.7. The van der Waals surface area contributed by atoms with Crippen molar-refractivity contribution in [3.63, 3.8) is 0 Å². The van der Waals surface area contributed by atoms with E-state index in [2.05, 4.69) is 26.0 Å². The zero-order valence-electron chi connectivity index (χ0n) is 49.9. The van der Waals surface area contributed by atoms with Crippen LogP contribution in [-0.4, -0.2) is 36.4 Å². The predicted octanol–water partition coefficient (Wildman–Crippen LogP) is 23.0. The van der Waals surface area contributed by atoms with Crippen LogP contribution in [0.3, 0.4) is 0 Å². The fourth-order valence-corrected chi connectivity index (χ4v) is 10.7. The summed E-state index contributed by atoms with van der Waals surface area (Å²) in [6.07, 6.45) is 82.6. The van der Waals surface area contributed by atoms with Crippen molar-refractivity contribution in [1.29, 1.82) is 0 Å². The molecular formula is C68H132O5. The molecule has 0 spiro atoms. The van der Waals surface area contributed by atoms with Crippen molar-refractivity contribution >= 4 is 11.9 Å². The second kappa shape index (κ2) is 64.9. The lowest BCUT2D eigenvalue weighted by Gasteiger charge is -2.15. The van der Waals surface area contributed by atoms with Gasteiger partial charge in [0.2, 0.25) is 0 Å². The summed E-state index contributed by atoms with van der Waals surface area (Å²) in [6, 6.07) is 0. The number of carbonyl (C=O) groups is 2. The van der Waals surface area contributed by atoms with Crippen LogP contribution in [0.5, 0.6) is 0 Å². The number of aliphatic hydroxyl groups excluding tert-OH is 1. The molecule has 0 saturated carbocycles. The van der Waals surface area contributed by atoms with Crippen LogP contribution in [0.1, 0.15) is 393 Å². The van der Waals surface area contributed by atoms with Crippen LogP contribution in [0.4, 0.5) is 0 Å². The number of hydrogen-bond acceptors (Lipinski definition) is 5. The molecule has 1 unspecified atom stereocenters. The van der Waals surface area contributed by atoms with Gasteiger partial charge in [-0.1, -0.05) is 353 Å². The number of unbranched alkanes of at least 4 members (excludes halogenated alkanes) is 54. The van der Waals surface area contributed by atoms with Crippen molar-refractivity contribution in [2.45, 2.75) is 399 Å². The van der Waals surface area contributed by atoms with E-state index in [0.717, 1.165) is 32.1 Å². The van der Waals surface area contributed by atoms with Gasteiger partial charge in [0.25, 0.3) is 0 Å². The Morgan fingerprint density at radius 2 is 0.507 bits per heavy atom. The molecule has 434 valence electrons. The molecule has 0 bridgehead atoms. The highest BCUT2D eigenvalue weighted by Gasteiger charge is 2.16. The van der Waals surface area contributed by atoms with Crippen molar-refractivity contribution in [3.05, 3.63) is 12.2 Å². The molecule has 0 aromatic carbocycles. The summed E-state index contributed by atoms with van der Waals surface area (Å²) in [5, 5.41) is 9.66. The molecular weight excluding hydrogens is 897 g/mol. The Hall–Kier alpha value is -1.36. The first-order valence-electron chi connectivity index (χ1n) is 33.7. The Kier molecular flexibility index (Phi) is 63.7. The van der Waals surface area contributed by atoms with Crippen LogP contribution >= 0.6 is 0 Å². The maximum Gasteiger partial charge on any atom is 0.306 e. The van der Waals surface area contributed by atoms with E-state index in [1.807, 2.05) is 0 Å². The van der Waals surface area contributed by atoms with Crippen LogP contribution in [0.2, 0.25) is 0 Å². The van der Waals surface area contributed by atoms with Crippen LogP contribution in [-0.2, 0) is 19.1 Å². The fourth-order valence-electron chi connectivity index (χ4n) is 10.7. The van der Waals surface area contributed by atoms with Gasteiger partial charge in [-0.3, -0.25) is 9.59 Å². The minimum Gasteiger partial charge on any atom is -0.462 e. The quantitative estimate of drug-likeness (QED) is 0.0373. The molecule has 5 nitrogen and oxygen atoms in total. The average Bonchev–Trinajstić information content (AvgIpc) is 3.39. The van der Waals surface area contributed by atoms with Crippen molar-refractivity contribution < 1.29 is 24.2 Å². The summed E-state index contributed by atoms with van der Waals surface area (Å²) in [4.78, 5) is 24.5. The molecule has 0 aliphatic carbocycles. The van der Waals surface area contributed by atoms with Crippen molar-refractivity contribution in [2.75, 3.05) is 13.2 Å². The van der Waals surface area contributed by atoms with Gasteiger partial charge < -0.3 is 14.6 Å². The summed E-state index contributed by atoms with van der Waals surface area (Å²) in [6.45, 7) is 4.20. The maximum atomic E-state index is 12.3. The molecule has 5 heteroatoms. The van der Waals surface area contributed by atoms with E-state index in [9.17, 15) is 14.7 Å². The Morgan fingerprint density at radius 1 is 0.301 bits per heavy atom. The number of aliphatic hydroxyl groups is 1. The summed E-state index contributed by atoms with van der Waals surface area (Å²) >= 11 is 0. The van der Waals surface area contributed by atoms with Gasteiger partial charge >= 0.3 is 11.9 Å². The summed E-state index contributed by atoms with van der Waals surface area (Å²) in [7, 11) is 0. The third kappa shape index (κ3) is 63.1.